The van der Waals surface area contributed by atoms with Gasteiger partial charge in [-0.3, -0.25) is 9.55 Å². The van der Waals surface area contributed by atoms with E-state index in [0.717, 1.165) is 16.1 Å². The number of aryl methyl sites for hydroxylation is 2. The van der Waals surface area contributed by atoms with Gasteiger partial charge in [0, 0.05) is 22.8 Å². The number of halogens is 1. The van der Waals surface area contributed by atoms with E-state index in [1.807, 2.05) is 12.1 Å². The molecule has 1 aromatic carbocycles. The van der Waals surface area contributed by atoms with Gasteiger partial charge in [0.15, 0.2) is 5.13 Å². The van der Waals surface area contributed by atoms with Gasteiger partial charge in [0.2, 0.25) is 0 Å². The SMILES string of the molecule is Nc1nc(-c2cccnc2)c(CCc2cccc(OP(=O)([O-])O)c2Cl)s1. The smallest absolute Gasteiger partial charge is 0.317 e. The number of rotatable bonds is 6. The standard InChI is InChI=1S/C16H15ClN3O4PS/c17-14-10(3-1-5-12(14)24-25(21,22)23)6-7-13-15(20-16(18)26-13)11-4-2-8-19-9-11/h1-5,8-9H,6-7H2,(H2,18,20)(H2,21,22,23)/p-1. The predicted octanol–water partition coefficient (Wildman–Crippen LogP) is 3.07. The molecule has 0 fully saturated rings. The van der Waals surface area contributed by atoms with Gasteiger partial charge in [-0.2, -0.15) is 0 Å². The van der Waals surface area contributed by atoms with Gasteiger partial charge in [0.25, 0.3) is 0 Å². The first kappa shape index (κ1) is 18.8. The Kier molecular flexibility index (Phi) is 5.60. The molecule has 2 aromatic heterocycles. The van der Waals surface area contributed by atoms with Crippen molar-refractivity contribution in [2.45, 2.75) is 12.8 Å². The summed E-state index contributed by atoms with van der Waals surface area (Å²) in [5.74, 6) is -0.110. The van der Waals surface area contributed by atoms with Gasteiger partial charge in [-0.25, -0.2) is 4.98 Å². The highest BCUT2D eigenvalue weighted by atomic mass is 35.5. The van der Waals surface area contributed by atoms with Crippen LogP contribution in [0.2, 0.25) is 5.02 Å². The summed E-state index contributed by atoms with van der Waals surface area (Å²) in [7, 11) is -4.92. The third-order valence-electron chi connectivity index (χ3n) is 3.53. The van der Waals surface area contributed by atoms with Crippen molar-refractivity contribution in [2.75, 3.05) is 5.73 Å². The Hall–Kier alpha value is -1.96. The monoisotopic (exact) mass is 410 g/mol. The van der Waals surface area contributed by atoms with Crippen LogP contribution in [0.1, 0.15) is 10.4 Å². The van der Waals surface area contributed by atoms with Crippen LogP contribution in [-0.4, -0.2) is 14.9 Å². The molecule has 1 unspecified atom stereocenters. The molecule has 0 amide bonds. The van der Waals surface area contributed by atoms with Crippen molar-refractivity contribution in [3.8, 4) is 17.0 Å². The maximum atomic E-state index is 10.9. The van der Waals surface area contributed by atoms with Crippen LogP contribution in [0.15, 0.2) is 42.7 Å². The predicted molar refractivity (Wildman–Crippen MR) is 99.1 cm³/mol. The lowest BCUT2D eigenvalue weighted by molar-refractivity contribution is -0.211. The molecule has 0 saturated heterocycles. The molecule has 0 aliphatic carbocycles. The highest BCUT2D eigenvalue weighted by Gasteiger charge is 2.15. The highest BCUT2D eigenvalue weighted by Crippen LogP contribution is 2.39. The molecule has 0 aliphatic rings. The number of phosphoric acid groups is 1. The average Bonchev–Trinajstić information content (AvgIpc) is 2.96. The first-order valence-electron chi connectivity index (χ1n) is 7.50. The van der Waals surface area contributed by atoms with Crippen molar-refractivity contribution >= 4 is 35.9 Å². The van der Waals surface area contributed by atoms with Gasteiger partial charge in [-0.15, -0.1) is 11.3 Å². The summed E-state index contributed by atoms with van der Waals surface area (Å²) in [5, 5.41) is 0.590. The van der Waals surface area contributed by atoms with E-state index in [1.54, 1.807) is 24.5 Å². The molecule has 0 saturated carbocycles. The zero-order valence-electron chi connectivity index (χ0n) is 13.3. The summed E-state index contributed by atoms with van der Waals surface area (Å²) in [6, 6.07) is 8.46. The Morgan fingerprint density at radius 3 is 2.81 bits per heavy atom. The molecule has 3 aromatic rings. The second kappa shape index (κ2) is 7.73. The Morgan fingerprint density at radius 1 is 1.31 bits per heavy atom. The van der Waals surface area contributed by atoms with E-state index in [0.29, 0.717) is 23.5 Å². The van der Waals surface area contributed by atoms with Crippen molar-refractivity contribution in [3.05, 3.63) is 58.2 Å². The minimum Gasteiger partial charge on any atom is -0.746 e. The van der Waals surface area contributed by atoms with Crippen LogP contribution >= 0.6 is 30.8 Å². The van der Waals surface area contributed by atoms with Crippen LogP contribution in [0.5, 0.6) is 5.75 Å². The number of hydrogen-bond donors (Lipinski definition) is 2. The van der Waals surface area contributed by atoms with Gasteiger partial charge >= 0.3 is 7.82 Å². The number of hydrogen-bond acceptors (Lipinski definition) is 7. The first-order valence-corrected chi connectivity index (χ1v) is 10.2. The molecule has 0 bridgehead atoms. The van der Waals surface area contributed by atoms with Gasteiger partial charge in [-0.05, 0) is 36.6 Å². The molecular formula is C16H14ClN3O4PS-. The maximum absolute atomic E-state index is 10.9. The van der Waals surface area contributed by atoms with Crippen molar-refractivity contribution in [1.82, 2.24) is 9.97 Å². The number of nitrogens with two attached hydrogens (primary N) is 1. The van der Waals surface area contributed by atoms with Crippen LogP contribution < -0.4 is 15.2 Å². The van der Waals surface area contributed by atoms with Gasteiger partial charge in [-0.1, -0.05) is 23.7 Å². The Morgan fingerprint density at radius 2 is 2.12 bits per heavy atom. The molecule has 0 aliphatic heterocycles. The van der Waals surface area contributed by atoms with Crippen LogP contribution in [-0.2, 0) is 17.4 Å². The number of phosphoric ester groups is 1. The summed E-state index contributed by atoms with van der Waals surface area (Å²) >= 11 is 7.58. The lowest BCUT2D eigenvalue weighted by Gasteiger charge is -2.18. The minimum atomic E-state index is -4.92. The van der Waals surface area contributed by atoms with Crippen molar-refractivity contribution in [2.24, 2.45) is 0 Å². The Balaban J connectivity index is 1.83. The number of aromatic nitrogens is 2. The zero-order valence-corrected chi connectivity index (χ0v) is 15.8. The van der Waals surface area contributed by atoms with Crippen LogP contribution in [0.3, 0.4) is 0 Å². The Bertz CT molecular complexity index is 961. The average molecular weight is 411 g/mol. The van der Waals surface area contributed by atoms with E-state index < -0.39 is 7.82 Å². The largest absolute Gasteiger partial charge is 0.746 e. The molecule has 7 nitrogen and oxygen atoms in total. The van der Waals surface area contributed by atoms with Crippen molar-refractivity contribution in [3.63, 3.8) is 0 Å². The topological polar surface area (TPSA) is 121 Å². The third-order valence-corrected chi connectivity index (χ3v) is 5.33. The second-order valence-electron chi connectivity index (χ2n) is 5.35. The number of anilines is 1. The van der Waals surface area contributed by atoms with E-state index in [4.69, 9.17) is 22.2 Å². The minimum absolute atomic E-state index is 0.110. The van der Waals surface area contributed by atoms with Crippen LogP contribution in [0.25, 0.3) is 11.3 Å². The summed E-state index contributed by atoms with van der Waals surface area (Å²) < 4.78 is 15.4. The molecule has 10 heteroatoms. The lowest BCUT2D eigenvalue weighted by atomic mass is 10.1. The first-order chi connectivity index (χ1) is 12.3. The van der Waals surface area contributed by atoms with Crippen molar-refractivity contribution in [1.29, 1.82) is 0 Å². The molecule has 1 atom stereocenters. The lowest BCUT2D eigenvalue weighted by Crippen LogP contribution is -2.06. The summed E-state index contributed by atoms with van der Waals surface area (Å²) in [6.45, 7) is 0. The number of pyridine rings is 1. The number of benzene rings is 1. The molecule has 0 spiro atoms. The van der Waals surface area contributed by atoms with Crippen molar-refractivity contribution < 1.29 is 18.9 Å². The molecule has 2 heterocycles. The Labute approximate surface area is 158 Å². The summed E-state index contributed by atoms with van der Waals surface area (Å²) in [5.41, 5.74) is 8.17. The van der Waals surface area contributed by atoms with Gasteiger partial charge in [0.05, 0.1) is 10.7 Å². The fraction of sp³-hybridized carbons (Fsp3) is 0.125. The van der Waals surface area contributed by atoms with E-state index in [-0.39, 0.29) is 10.8 Å². The molecule has 136 valence electrons. The molecule has 26 heavy (non-hydrogen) atoms. The van der Waals surface area contributed by atoms with E-state index in [2.05, 4.69) is 14.5 Å². The molecular weight excluding hydrogens is 397 g/mol. The summed E-state index contributed by atoms with van der Waals surface area (Å²) in [4.78, 5) is 29.2. The van der Waals surface area contributed by atoms with E-state index >= 15 is 0 Å². The van der Waals surface area contributed by atoms with Gasteiger partial charge in [0.1, 0.15) is 5.75 Å². The molecule has 0 radical (unpaired) electrons. The highest BCUT2D eigenvalue weighted by molar-refractivity contribution is 7.45. The zero-order chi connectivity index (χ0) is 18.7. The third kappa shape index (κ3) is 4.60. The fourth-order valence-electron chi connectivity index (χ4n) is 2.46. The number of nitrogens with zero attached hydrogens (tertiary/aromatic N) is 2. The number of nitrogen functional groups attached to an aromatic ring is 1. The molecule has 3 rings (SSSR count). The maximum Gasteiger partial charge on any atom is 0.317 e. The van der Waals surface area contributed by atoms with Gasteiger partial charge < -0.3 is 20.0 Å². The quantitative estimate of drug-likeness (QED) is 0.599. The summed E-state index contributed by atoms with van der Waals surface area (Å²) in [6.07, 6.45) is 4.50. The number of thiazole rings is 1. The van der Waals surface area contributed by atoms with Crippen LogP contribution in [0.4, 0.5) is 5.13 Å². The van der Waals surface area contributed by atoms with E-state index in [1.165, 1.54) is 17.4 Å². The molecule has 3 N–H and O–H groups in total. The fourth-order valence-corrected chi connectivity index (χ4v) is 4.03. The second-order valence-corrected chi connectivity index (χ2v) is 7.97. The van der Waals surface area contributed by atoms with E-state index in [9.17, 15) is 9.46 Å². The normalized spacial score (nSPS) is 13.3. The van der Waals surface area contributed by atoms with Crippen LogP contribution in [0, 0.1) is 0 Å².